The maximum Gasteiger partial charge on any atom is 0.309 e. The van der Waals surface area contributed by atoms with E-state index in [1.165, 1.54) is 0 Å². The molecule has 102 valence electrons. The Morgan fingerprint density at radius 2 is 1.83 bits per heavy atom. The van der Waals surface area contributed by atoms with Crippen LogP contribution in [-0.2, 0) is 19.1 Å². The Bertz CT molecular complexity index is 320. The monoisotopic (exact) mass is 257 g/mol. The summed E-state index contributed by atoms with van der Waals surface area (Å²) in [5.41, 5.74) is 0. The summed E-state index contributed by atoms with van der Waals surface area (Å²) in [5, 5.41) is 8.50. The molecular formula is C12H19NO5. The second-order valence-corrected chi connectivity index (χ2v) is 4.30. The number of rotatable bonds is 5. The number of likely N-dealkylation sites (tertiary alicyclic amines) is 1. The van der Waals surface area contributed by atoms with Crippen LogP contribution in [0.1, 0.15) is 32.6 Å². The third-order valence-corrected chi connectivity index (χ3v) is 3.02. The van der Waals surface area contributed by atoms with Crippen LogP contribution in [0.2, 0.25) is 0 Å². The van der Waals surface area contributed by atoms with Crippen LogP contribution in [0, 0.1) is 5.92 Å². The Morgan fingerprint density at radius 1 is 1.22 bits per heavy atom. The summed E-state index contributed by atoms with van der Waals surface area (Å²) in [6, 6.07) is 0. The molecule has 0 spiro atoms. The normalized spacial score (nSPS) is 16.4. The lowest BCUT2D eigenvalue weighted by molar-refractivity contribution is -0.151. The Kier molecular flexibility index (Phi) is 5.61. The van der Waals surface area contributed by atoms with Crippen LogP contribution in [-0.4, -0.2) is 47.5 Å². The molecule has 1 aliphatic rings. The summed E-state index contributed by atoms with van der Waals surface area (Å²) in [6.45, 7) is 3.14. The number of carboxylic acids is 1. The second-order valence-electron chi connectivity index (χ2n) is 4.30. The molecule has 0 aromatic carbocycles. The van der Waals surface area contributed by atoms with Gasteiger partial charge in [0.05, 0.1) is 18.9 Å². The lowest BCUT2D eigenvalue weighted by atomic mass is 9.97. The fourth-order valence-corrected chi connectivity index (χ4v) is 2.00. The Balaban J connectivity index is 2.32. The summed E-state index contributed by atoms with van der Waals surface area (Å²) < 4.78 is 4.94. The van der Waals surface area contributed by atoms with Crippen LogP contribution in [0.3, 0.4) is 0 Å². The van der Waals surface area contributed by atoms with Crippen molar-refractivity contribution in [3.63, 3.8) is 0 Å². The van der Waals surface area contributed by atoms with Gasteiger partial charge in [-0.3, -0.25) is 14.4 Å². The zero-order chi connectivity index (χ0) is 13.5. The van der Waals surface area contributed by atoms with Crippen LogP contribution >= 0.6 is 0 Å². The molecule has 1 N–H and O–H groups in total. The number of piperidine rings is 1. The van der Waals surface area contributed by atoms with Gasteiger partial charge >= 0.3 is 11.9 Å². The van der Waals surface area contributed by atoms with Crippen molar-refractivity contribution in [2.24, 2.45) is 5.92 Å². The summed E-state index contributed by atoms with van der Waals surface area (Å²) in [7, 11) is 0. The van der Waals surface area contributed by atoms with E-state index in [1.807, 2.05) is 0 Å². The van der Waals surface area contributed by atoms with Crippen molar-refractivity contribution < 1.29 is 24.2 Å². The summed E-state index contributed by atoms with van der Waals surface area (Å²) in [6.07, 6.45) is 1.07. The number of nitrogens with zero attached hydrogens (tertiary/aromatic N) is 1. The number of carboxylic acid groups (broad SMARTS) is 1. The number of aliphatic carboxylic acids is 1. The topological polar surface area (TPSA) is 83.9 Å². The standard InChI is InChI=1S/C12H19NO5/c1-2-18-12(17)9-5-7-13(8-6-9)10(14)3-4-11(15)16/h9H,2-8H2,1H3,(H,15,16). The number of ether oxygens (including phenoxy) is 1. The predicted molar refractivity (Wildman–Crippen MR) is 62.8 cm³/mol. The molecule has 1 amide bonds. The van der Waals surface area contributed by atoms with Gasteiger partial charge in [-0.05, 0) is 19.8 Å². The largest absolute Gasteiger partial charge is 0.481 e. The van der Waals surface area contributed by atoms with Crippen molar-refractivity contribution >= 4 is 17.8 Å². The van der Waals surface area contributed by atoms with E-state index in [9.17, 15) is 14.4 Å². The summed E-state index contributed by atoms with van der Waals surface area (Å²) in [5.74, 6) is -1.45. The van der Waals surface area contributed by atoms with Crippen molar-refractivity contribution in [2.45, 2.75) is 32.6 Å². The molecule has 1 aliphatic heterocycles. The maximum atomic E-state index is 11.7. The molecule has 0 atom stereocenters. The quantitative estimate of drug-likeness (QED) is 0.731. The van der Waals surface area contributed by atoms with Crippen LogP contribution < -0.4 is 0 Å². The molecule has 0 bridgehead atoms. The number of carbonyl (C=O) groups is 3. The first kappa shape index (κ1) is 14.5. The summed E-state index contributed by atoms with van der Waals surface area (Å²) >= 11 is 0. The van der Waals surface area contributed by atoms with E-state index in [0.717, 1.165) is 0 Å². The van der Waals surface area contributed by atoms with Gasteiger partial charge in [-0.25, -0.2) is 0 Å². The molecule has 0 aromatic heterocycles. The highest BCUT2D eigenvalue weighted by Gasteiger charge is 2.28. The molecule has 0 unspecified atom stereocenters. The molecule has 6 nitrogen and oxygen atoms in total. The highest BCUT2D eigenvalue weighted by atomic mass is 16.5. The van der Waals surface area contributed by atoms with E-state index >= 15 is 0 Å². The van der Waals surface area contributed by atoms with Crippen molar-refractivity contribution in [3.05, 3.63) is 0 Å². The molecule has 1 saturated heterocycles. The van der Waals surface area contributed by atoms with Gasteiger partial charge in [0.2, 0.25) is 5.91 Å². The SMILES string of the molecule is CCOC(=O)C1CCN(C(=O)CCC(=O)O)CC1. The van der Waals surface area contributed by atoms with Gasteiger partial charge < -0.3 is 14.7 Å². The van der Waals surface area contributed by atoms with Gasteiger partial charge in [0.25, 0.3) is 0 Å². The first-order valence-corrected chi connectivity index (χ1v) is 6.20. The average Bonchev–Trinajstić information content (AvgIpc) is 2.36. The third-order valence-electron chi connectivity index (χ3n) is 3.02. The lowest BCUT2D eigenvalue weighted by Crippen LogP contribution is -2.40. The molecular weight excluding hydrogens is 238 g/mol. The number of amides is 1. The molecule has 0 aliphatic carbocycles. The first-order chi connectivity index (χ1) is 8.54. The Labute approximate surface area is 106 Å². The number of esters is 1. The van der Waals surface area contributed by atoms with E-state index in [0.29, 0.717) is 32.5 Å². The Morgan fingerprint density at radius 3 is 2.33 bits per heavy atom. The van der Waals surface area contributed by atoms with Gasteiger partial charge in [-0.15, -0.1) is 0 Å². The van der Waals surface area contributed by atoms with Crippen molar-refractivity contribution in [1.29, 1.82) is 0 Å². The smallest absolute Gasteiger partial charge is 0.309 e. The van der Waals surface area contributed by atoms with E-state index < -0.39 is 5.97 Å². The third kappa shape index (κ3) is 4.35. The fraction of sp³-hybridized carbons (Fsp3) is 0.750. The average molecular weight is 257 g/mol. The second kappa shape index (κ2) is 6.98. The molecule has 0 aromatic rings. The van der Waals surface area contributed by atoms with Crippen molar-refractivity contribution in [2.75, 3.05) is 19.7 Å². The number of carbonyl (C=O) groups excluding carboxylic acids is 2. The number of hydrogen-bond acceptors (Lipinski definition) is 4. The van der Waals surface area contributed by atoms with E-state index in [1.54, 1.807) is 11.8 Å². The van der Waals surface area contributed by atoms with Crippen LogP contribution in [0.5, 0.6) is 0 Å². The van der Waals surface area contributed by atoms with Crippen LogP contribution in [0.15, 0.2) is 0 Å². The zero-order valence-corrected chi connectivity index (χ0v) is 10.6. The van der Waals surface area contributed by atoms with Crippen LogP contribution in [0.4, 0.5) is 0 Å². The minimum atomic E-state index is -0.968. The van der Waals surface area contributed by atoms with E-state index in [-0.39, 0.29) is 30.6 Å². The molecule has 0 radical (unpaired) electrons. The van der Waals surface area contributed by atoms with Gasteiger partial charge in [-0.2, -0.15) is 0 Å². The fourth-order valence-electron chi connectivity index (χ4n) is 2.00. The lowest BCUT2D eigenvalue weighted by Gasteiger charge is -2.30. The van der Waals surface area contributed by atoms with E-state index in [2.05, 4.69) is 0 Å². The Hall–Kier alpha value is -1.59. The van der Waals surface area contributed by atoms with Gasteiger partial charge in [0.1, 0.15) is 0 Å². The van der Waals surface area contributed by atoms with Gasteiger partial charge in [0.15, 0.2) is 0 Å². The summed E-state index contributed by atoms with van der Waals surface area (Å²) in [4.78, 5) is 35.1. The van der Waals surface area contributed by atoms with Gasteiger partial charge in [0, 0.05) is 19.5 Å². The van der Waals surface area contributed by atoms with E-state index in [4.69, 9.17) is 9.84 Å². The minimum absolute atomic E-state index is 0.0272. The molecule has 6 heteroatoms. The minimum Gasteiger partial charge on any atom is -0.481 e. The molecule has 1 heterocycles. The molecule has 0 saturated carbocycles. The van der Waals surface area contributed by atoms with Crippen molar-refractivity contribution in [1.82, 2.24) is 4.90 Å². The molecule has 1 fully saturated rings. The molecule has 1 rings (SSSR count). The zero-order valence-electron chi connectivity index (χ0n) is 10.6. The predicted octanol–water partition coefficient (Wildman–Crippen LogP) is 0.653. The van der Waals surface area contributed by atoms with Gasteiger partial charge in [-0.1, -0.05) is 0 Å². The van der Waals surface area contributed by atoms with Crippen molar-refractivity contribution in [3.8, 4) is 0 Å². The molecule has 18 heavy (non-hydrogen) atoms. The number of hydrogen-bond donors (Lipinski definition) is 1. The van der Waals surface area contributed by atoms with Crippen LogP contribution in [0.25, 0.3) is 0 Å². The highest BCUT2D eigenvalue weighted by molar-refractivity contribution is 5.81. The maximum absolute atomic E-state index is 11.7. The highest BCUT2D eigenvalue weighted by Crippen LogP contribution is 2.19. The first-order valence-electron chi connectivity index (χ1n) is 6.20.